The highest BCUT2D eigenvalue weighted by Crippen LogP contribution is 2.28. The lowest BCUT2D eigenvalue weighted by Gasteiger charge is -2.01. The molecule has 4 rings (SSSR count). The SMILES string of the molecule is O=c1c(-c2nc3ccccc3s2)c[nH]c2ccc(Cl)cc12. The zero-order valence-corrected chi connectivity index (χ0v) is 12.3. The topological polar surface area (TPSA) is 45.8 Å². The van der Waals surface area contributed by atoms with Gasteiger partial charge in [-0.05, 0) is 30.3 Å². The molecule has 0 atom stereocenters. The summed E-state index contributed by atoms with van der Waals surface area (Å²) in [6.07, 6.45) is 1.72. The summed E-state index contributed by atoms with van der Waals surface area (Å²) in [5, 5.41) is 1.85. The van der Waals surface area contributed by atoms with Gasteiger partial charge in [0.2, 0.25) is 0 Å². The van der Waals surface area contributed by atoms with Crippen LogP contribution in [0, 0.1) is 0 Å². The molecule has 0 aliphatic rings. The lowest BCUT2D eigenvalue weighted by atomic mass is 10.1. The van der Waals surface area contributed by atoms with Crippen molar-refractivity contribution in [2.45, 2.75) is 0 Å². The molecule has 5 heteroatoms. The molecular formula is C16H9ClN2OS. The number of hydrogen-bond donors (Lipinski definition) is 1. The second kappa shape index (κ2) is 4.69. The van der Waals surface area contributed by atoms with Gasteiger partial charge in [0.25, 0.3) is 0 Å². The van der Waals surface area contributed by atoms with E-state index in [1.54, 1.807) is 24.4 Å². The maximum absolute atomic E-state index is 12.6. The maximum atomic E-state index is 12.6. The molecule has 0 saturated carbocycles. The minimum Gasteiger partial charge on any atom is -0.360 e. The van der Waals surface area contributed by atoms with E-state index >= 15 is 0 Å². The van der Waals surface area contributed by atoms with Crippen LogP contribution in [-0.4, -0.2) is 9.97 Å². The van der Waals surface area contributed by atoms with Gasteiger partial charge in [0.15, 0.2) is 5.43 Å². The molecule has 0 unspecified atom stereocenters. The molecule has 0 bridgehead atoms. The first-order chi connectivity index (χ1) is 10.2. The molecule has 1 N–H and O–H groups in total. The molecule has 4 aromatic rings. The van der Waals surface area contributed by atoms with Crippen molar-refractivity contribution in [2.75, 3.05) is 0 Å². The molecule has 0 fully saturated rings. The van der Waals surface area contributed by atoms with Gasteiger partial charge in [0.05, 0.1) is 15.8 Å². The summed E-state index contributed by atoms with van der Waals surface area (Å²) in [5.41, 5.74) is 2.20. The number of nitrogens with one attached hydrogen (secondary N) is 1. The predicted molar refractivity (Wildman–Crippen MR) is 88.2 cm³/mol. The quantitative estimate of drug-likeness (QED) is 0.564. The molecule has 0 radical (unpaired) electrons. The summed E-state index contributed by atoms with van der Waals surface area (Å²) in [4.78, 5) is 20.3. The molecule has 102 valence electrons. The molecule has 2 aromatic heterocycles. The van der Waals surface area contributed by atoms with E-state index < -0.39 is 0 Å². The summed E-state index contributed by atoms with van der Waals surface area (Å²) in [7, 11) is 0. The van der Waals surface area contributed by atoms with Crippen LogP contribution < -0.4 is 5.43 Å². The standard InChI is InChI=1S/C16H9ClN2OS/c17-9-5-6-12-10(7-9)15(20)11(8-18-12)16-19-13-3-1-2-4-14(13)21-16/h1-8H,(H,18,20). The zero-order chi connectivity index (χ0) is 14.4. The largest absolute Gasteiger partial charge is 0.360 e. The van der Waals surface area contributed by atoms with E-state index in [9.17, 15) is 4.79 Å². The van der Waals surface area contributed by atoms with Gasteiger partial charge in [0.1, 0.15) is 5.01 Å². The molecule has 0 spiro atoms. The summed E-state index contributed by atoms with van der Waals surface area (Å²) < 4.78 is 1.07. The minimum atomic E-state index is -0.0506. The molecule has 0 aliphatic heterocycles. The Hall–Kier alpha value is -2.17. The van der Waals surface area contributed by atoms with Crippen molar-refractivity contribution in [3.8, 4) is 10.6 Å². The fourth-order valence-electron chi connectivity index (χ4n) is 2.34. The molecule has 0 saturated heterocycles. The van der Waals surface area contributed by atoms with Gasteiger partial charge in [-0.3, -0.25) is 4.79 Å². The Morgan fingerprint density at radius 2 is 2.00 bits per heavy atom. The van der Waals surface area contributed by atoms with Crippen LogP contribution in [0.3, 0.4) is 0 Å². The van der Waals surface area contributed by atoms with E-state index in [2.05, 4.69) is 9.97 Å². The zero-order valence-electron chi connectivity index (χ0n) is 10.8. The van der Waals surface area contributed by atoms with Gasteiger partial charge in [0, 0.05) is 22.1 Å². The van der Waals surface area contributed by atoms with Crippen LogP contribution in [0.5, 0.6) is 0 Å². The Bertz CT molecular complexity index is 1000. The highest BCUT2D eigenvalue weighted by atomic mass is 35.5. The van der Waals surface area contributed by atoms with E-state index in [-0.39, 0.29) is 5.43 Å². The first kappa shape index (κ1) is 12.6. The monoisotopic (exact) mass is 312 g/mol. The Morgan fingerprint density at radius 1 is 1.14 bits per heavy atom. The van der Waals surface area contributed by atoms with Crippen molar-refractivity contribution in [1.29, 1.82) is 0 Å². The third-order valence-corrected chi connectivity index (χ3v) is 4.67. The molecule has 0 amide bonds. The summed E-state index contributed by atoms with van der Waals surface area (Å²) in [5.74, 6) is 0. The fourth-order valence-corrected chi connectivity index (χ4v) is 3.49. The van der Waals surface area contributed by atoms with E-state index in [0.29, 0.717) is 16.0 Å². The number of nitrogens with zero attached hydrogens (tertiary/aromatic N) is 1. The highest BCUT2D eigenvalue weighted by Gasteiger charge is 2.12. The number of aromatic nitrogens is 2. The number of halogens is 1. The van der Waals surface area contributed by atoms with Crippen LogP contribution in [0.2, 0.25) is 5.02 Å². The summed E-state index contributed by atoms with van der Waals surface area (Å²) in [6, 6.07) is 13.1. The number of benzene rings is 2. The Kier molecular flexibility index (Phi) is 2.80. The number of para-hydroxylation sites is 1. The number of aromatic amines is 1. The lowest BCUT2D eigenvalue weighted by molar-refractivity contribution is 1.37. The number of rotatable bonds is 1. The molecule has 3 nitrogen and oxygen atoms in total. The molecular weight excluding hydrogens is 304 g/mol. The van der Waals surface area contributed by atoms with Crippen LogP contribution in [0.1, 0.15) is 0 Å². The average Bonchev–Trinajstić information content (AvgIpc) is 2.92. The Balaban J connectivity index is 2.01. The van der Waals surface area contributed by atoms with Crippen molar-refractivity contribution < 1.29 is 0 Å². The first-order valence-electron chi connectivity index (χ1n) is 6.39. The molecule has 2 heterocycles. The number of pyridine rings is 1. The van der Waals surface area contributed by atoms with E-state index in [1.165, 1.54) is 11.3 Å². The van der Waals surface area contributed by atoms with Gasteiger partial charge >= 0.3 is 0 Å². The number of hydrogen-bond acceptors (Lipinski definition) is 3. The fraction of sp³-hybridized carbons (Fsp3) is 0. The van der Waals surface area contributed by atoms with Gasteiger partial charge in [-0.15, -0.1) is 11.3 Å². The third kappa shape index (κ3) is 2.04. The first-order valence-corrected chi connectivity index (χ1v) is 7.59. The highest BCUT2D eigenvalue weighted by molar-refractivity contribution is 7.21. The van der Waals surface area contributed by atoms with Crippen LogP contribution in [-0.2, 0) is 0 Å². The summed E-state index contributed by atoms with van der Waals surface area (Å²) in [6.45, 7) is 0. The lowest BCUT2D eigenvalue weighted by Crippen LogP contribution is -2.06. The average molecular weight is 313 g/mol. The van der Waals surface area contributed by atoms with Gasteiger partial charge in [-0.2, -0.15) is 0 Å². The maximum Gasteiger partial charge on any atom is 0.199 e. The normalized spacial score (nSPS) is 11.3. The number of H-pyrrole nitrogens is 1. The van der Waals surface area contributed by atoms with E-state index in [1.807, 2.05) is 24.3 Å². The molecule has 21 heavy (non-hydrogen) atoms. The number of fused-ring (bicyclic) bond motifs is 2. The second-order valence-electron chi connectivity index (χ2n) is 4.71. The molecule has 2 aromatic carbocycles. The minimum absolute atomic E-state index is 0.0506. The van der Waals surface area contributed by atoms with E-state index in [4.69, 9.17) is 11.6 Å². The predicted octanol–water partition coefficient (Wildman–Crippen LogP) is 4.46. The van der Waals surface area contributed by atoms with Crippen LogP contribution >= 0.6 is 22.9 Å². The number of thiazole rings is 1. The molecule has 0 aliphatic carbocycles. The van der Waals surface area contributed by atoms with Crippen molar-refractivity contribution in [2.24, 2.45) is 0 Å². The van der Waals surface area contributed by atoms with Crippen molar-refractivity contribution in [1.82, 2.24) is 9.97 Å². The van der Waals surface area contributed by atoms with Gasteiger partial charge < -0.3 is 4.98 Å². The van der Waals surface area contributed by atoms with Crippen molar-refractivity contribution in [3.63, 3.8) is 0 Å². The third-order valence-electron chi connectivity index (χ3n) is 3.37. The summed E-state index contributed by atoms with van der Waals surface area (Å²) >= 11 is 7.50. The van der Waals surface area contributed by atoms with Crippen LogP contribution in [0.15, 0.2) is 53.5 Å². The second-order valence-corrected chi connectivity index (χ2v) is 6.18. The van der Waals surface area contributed by atoms with Gasteiger partial charge in [-0.25, -0.2) is 4.98 Å². The van der Waals surface area contributed by atoms with Crippen LogP contribution in [0.4, 0.5) is 0 Å². The van der Waals surface area contributed by atoms with Crippen LogP contribution in [0.25, 0.3) is 31.7 Å². The van der Waals surface area contributed by atoms with Crippen molar-refractivity contribution >= 4 is 44.1 Å². The van der Waals surface area contributed by atoms with Gasteiger partial charge in [-0.1, -0.05) is 23.7 Å². The Labute approximate surface area is 128 Å². The van der Waals surface area contributed by atoms with E-state index in [0.717, 1.165) is 20.7 Å². The van der Waals surface area contributed by atoms with Crippen molar-refractivity contribution in [3.05, 3.63) is 63.9 Å². The Morgan fingerprint density at radius 3 is 2.86 bits per heavy atom. The smallest absolute Gasteiger partial charge is 0.199 e.